The number of fused-ring (bicyclic) bond motifs is 1. The third kappa shape index (κ3) is 3.46. The first-order valence-corrected chi connectivity index (χ1v) is 7.84. The smallest absolute Gasteiger partial charge is 0.123 e. The zero-order valence-electron chi connectivity index (χ0n) is 11.9. The van der Waals surface area contributed by atoms with Crippen molar-refractivity contribution >= 4 is 21.6 Å². The van der Waals surface area contributed by atoms with Crippen LogP contribution in [0, 0.1) is 12.7 Å². The molecule has 2 nitrogen and oxygen atoms in total. The minimum atomic E-state index is -0.168. The molecule has 0 atom stereocenters. The second kappa shape index (κ2) is 6.33. The van der Waals surface area contributed by atoms with E-state index in [4.69, 9.17) is 0 Å². The van der Waals surface area contributed by atoms with Gasteiger partial charge in [0.2, 0.25) is 0 Å². The molecule has 1 heterocycles. The van der Waals surface area contributed by atoms with Crippen LogP contribution in [0.3, 0.4) is 0 Å². The van der Waals surface area contributed by atoms with Crippen molar-refractivity contribution in [2.24, 2.45) is 0 Å². The van der Waals surface area contributed by atoms with Crippen LogP contribution in [0.1, 0.15) is 16.1 Å². The number of para-hydroxylation sites is 1. The molecule has 0 fully saturated rings. The average molecular weight is 300 g/mol. The summed E-state index contributed by atoms with van der Waals surface area (Å²) in [5.41, 5.74) is 3.26. The molecule has 0 aliphatic rings. The standard InChI is InChI=1S/C17H17FN2S/c1-12-10-14(18)7-6-13(12)8-9-19-11-17-20-15-4-2-3-5-16(15)21-17/h2-7,10,19H,8-9,11H2,1H3. The van der Waals surface area contributed by atoms with Crippen molar-refractivity contribution in [3.8, 4) is 0 Å². The van der Waals surface area contributed by atoms with Crippen molar-refractivity contribution < 1.29 is 4.39 Å². The van der Waals surface area contributed by atoms with Gasteiger partial charge in [0, 0.05) is 6.54 Å². The van der Waals surface area contributed by atoms with Crippen molar-refractivity contribution in [1.82, 2.24) is 10.3 Å². The minimum absolute atomic E-state index is 0.168. The Morgan fingerprint density at radius 3 is 2.86 bits per heavy atom. The molecule has 0 amide bonds. The zero-order valence-corrected chi connectivity index (χ0v) is 12.7. The molecule has 0 unspecified atom stereocenters. The summed E-state index contributed by atoms with van der Waals surface area (Å²) in [4.78, 5) is 4.59. The van der Waals surface area contributed by atoms with Gasteiger partial charge in [-0.25, -0.2) is 9.37 Å². The van der Waals surface area contributed by atoms with Gasteiger partial charge in [-0.05, 0) is 55.3 Å². The number of nitrogens with zero attached hydrogens (tertiary/aromatic N) is 1. The summed E-state index contributed by atoms with van der Waals surface area (Å²) in [5.74, 6) is -0.168. The van der Waals surface area contributed by atoms with Crippen LogP contribution in [-0.2, 0) is 13.0 Å². The predicted octanol–water partition coefficient (Wildman–Crippen LogP) is 4.08. The lowest BCUT2D eigenvalue weighted by Gasteiger charge is -2.06. The lowest BCUT2D eigenvalue weighted by atomic mass is 10.1. The maximum atomic E-state index is 13.0. The Hall–Kier alpha value is -1.78. The van der Waals surface area contributed by atoms with Gasteiger partial charge in [-0.3, -0.25) is 0 Å². The fraction of sp³-hybridized carbons (Fsp3) is 0.235. The summed E-state index contributed by atoms with van der Waals surface area (Å²) >= 11 is 1.73. The largest absolute Gasteiger partial charge is 0.310 e. The van der Waals surface area contributed by atoms with Crippen LogP contribution >= 0.6 is 11.3 Å². The van der Waals surface area contributed by atoms with Gasteiger partial charge in [-0.2, -0.15) is 0 Å². The Kier molecular flexibility index (Phi) is 4.27. The number of rotatable bonds is 5. The Morgan fingerprint density at radius 2 is 2.05 bits per heavy atom. The highest BCUT2D eigenvalue weighted by Gasteiger charge is 2.03. The lowest BCUT2D eigenvalue weighted by Crippen LogP contribution is -2.16. The predicted molar refractivity (Wildman–Crippen MR) is 86.2 cm³/mol. The van der Waals surface area contributed by atoms with E-state index >= 15 is 0 Å². The molecule has 4 heteroatoms. The summed E-state index contributed by atoms with van der Waals surface area (Å²) in [6.07, 6.45) is 0.900. The molecule has 0 saturated carbocycles. The molecule has 1 aromatic heterocycles. The van der Waals surface area contributed by atoms with Crippen molar-refractivity contribution in [3.63, 3.8) is 0 Å². The summed E-state index contributed by atoms with van der Waals surface area (Å²) in [5, 5.41) is 4.51. The number of halogens is 1. The van der Waals surface area contributed by atoms with Gasteiger partial charge in [0.05, 0.1) is 10.2 Å². The number of hydrogen-bond acceptors (Lipinski definition) is 3. The Balaban J connectivity index is 1.54. The van der Waals surface area contributed by atoms with Gasteiger partial charge < -0.3 is 5.32 Å². The van der Waals surface area contributed by atoms with Crippen LogP contribution in [0.5, 0.6) is 0 Å². The molecule has 0 radical (unpaired) electrons. The molecule has 108 valence electrons. The van der Waals surface area contributed by atoms with Gasteiger partial charge >= 0.3 is 0 Å². The highest BCUT2D eigenvalue weighted by molar-refractivity contribution is 7.18. The number of thiazole rings is 1. The van der Waals surface area contributed by atoms with Crippen molar-refractivity contribution in [3.05, 3.63) is 64.4 Å². The van der Waals surface area contributed by atoms with E-state index in [2.05, 4.69) is 16.4 Å². The van der Waals surface area contributed by atoms with E-state index in [0.717, 1.165) is 35.6 Å². The molecular weight excluding hydrogens is 283 g/mol. The second-order valence-corrected chi connectivity index (χ2v) is 6.19. The van der Waals surface area contributed by atoms with Crippen LogP contribution in [0.15, 0.2) is 42.5 Å². The maximum Gasteiger partial charge on any atom is 0.123 e. The highest BCUT2D eigenvalue weighted by Crippen LogP contribution is 2.21. The molecule has 1 N–H and O–H groups in total. The third-order valence-electron chi connectivity index (χ3n) is 3.49. The molecule has 0 spiro atoms. The molecule has 3 rings (SSSR count). The summed E-state index contributed by atoms with van der Waals surface area (Å²) in [6.45, 7) is 3.59. The Labute approximate surface area is 127 Å². The van der Waals surface area contributed by atoms with Gasteiger partial charge in [-0.1, -0.05) is 18.2 Å². The highest BCUT2D eigenvalue weighted by atomic mass is 32.1. The first-order chi connectivity index (χ1) is 10.2. The topological polar surface area (TPSA) is 24.9 Å². The second-order valence-electron chi connectivity index (χ2n) is 5.07. The van der Waals surface area contributed by atoms with Crippen LogP contribution in [0.2, 0.25) is 0 Å². The normalized spacial score (nSPS) is 11.1. The molecule has 0 aliphatic heterocycles. The molecule has 0 saturated heterocycles. The van der Waals surface area contributed by atoms with Crippen LogP contribution in [0.4, 0.5) is 4.39 Å². The number of nitrogens with one attached hydrogen (secondary N) is 1. The number of benzene rings is 2. The monoisotopic (exact) mass is 300 g/mol. The van der Waals surface area contributed by atoms with Crippen molar-refractivity contribution in [2.75, 3.05) is 6.54 Å². The quantitative estimate of drug-likeness (QED) is 0.718. The van der Waals surface area contributed by atoms with Crippen LogP contribution < -0.4 is 5.32 Å². The molecule has 21 heavy (non-hydrogen) atoms. The van der Waals surface area contributed by atoms with Gasteiger partial charge in [-0.15, -0.1) is 11.3 Å². The molecular formula is C17H17FN2S. The van der Waals surface area contributed by atoms with Gasteiger partial charge in [0.25, 0.3) is 0 Å². The van der Waals surface area contributed by atoms with E-state index in [9.17, 15) is 4.39 Å². The first kappa shape index (κ1) is 14.2. The zero-order chi connectivity index (χ0) is 14.7. The fourth-order valence-corrected chi connectivity index (χ4v) is 3.29. The van der Waals surface area contributed by atoms with Crippen molar-refractivity contribution in [1.29, 1.82) is 0 Å². The fourth-order valence-electron chi connectivity index (χ4n) is 2.35. The maximum absolute atomic E-state index is 13.0. The first-order valence-electron chi connectivity index (χ1n) is 7.02. The number of hydrogen-bond donors (Lipinski definition) is 1. The molecule has 2 aromatic carbocycles. The van der Waals surface area contributed by atoms with Gasteiger partial charge in [0.15, 0.2) is 0 Å². The Bertz CT molecular complexity index is 718. The summed E-state index contributed by atoms with van der Waals surface area (Å²) in [7, 11) is 0. The van der Waals surface area contributed by atoms with E-state index in [1.54, 1.807) is 17.4 Å². The molecule has 3 aromatic rings. The molecule has 0 aliphatic carbocycles. The average Bonchev–Trinajstić information content (AvgIpc) is 2.88. The lowest BCUT2D eigenvalue weighted by molar-refractivity contribution is 0.624. The SMILES string of the molecule is Cc1cc(F)ccc1CCNCc1nc2ccccc2s1. The van der Waals surface area contributed by atoms with E-state index in [0.29, 0.717) is 0 Å². The summed E-state index contributed by atoms with van der Waals surface area (Å²) < 4.78 is 14.3. The van der Waals surface area contributed by atoms with E-state index in [1.807, 2.05) is 31.2 Å². The van der Waals surface area contributed by atoms with Gasteiger partial charge in [0.1, 0.15) is 10.8 Å². The van der Waals surface area contributed by atoms with E-state index < -0.39 is 0 Å². The van der Waals surface area contributed by atoms with Crippen LogP contribution in [0.25, 0.3) is 10.2 Å². The molecule has 0 bridgehead atoms. The van der Waals surface area contributed by atoms with E-state index in [1.165, 1.54) is 16.3 Å². The summed E-state index contributed by atoms with van der Waals surface area (Å²) in [6, 6.07) is 13.2. The third-order valence-corrected chi connectivity index (χ3v) is 4.53. The van der Waals surface area contributed by atoms with Crippen molar-refractivity contribution in [2.45, 2.75) is 19.9 Å². The number of aryl methyl sites for hydroxylation is 1. The minimum Gasteiger partial charge on any atom is -0.310 e. The number of aromatic nitrogens is 1. The van der Waals surface area contributed by atoms with Crippen LogP contribution in [-0.4, -0.2) is 11.5 Å². The Morgan fingerprint density at radius 1 is 1.19 bits per heavy atom. The van der Waals surface area contributed by atoms with E-state index in [-0.39, 0.29) is 5.82 Å².